The van der Waals surface area contributed by atoms with Crippen LogP contribution in [-0.4, -0.2) is 41.8 Å². The van der Waals surface area contributed by atoms with Gasteiger partial charge in [0, 0.05) is 12.1 Å². The molecule has 2 saturated heterocycles. The van der Waals surface area contributed by atoms with Gasteiger partial charge in [-0.3, -0.25) is 4.79 Å². The summed E-state index contributed by atoms with van der Waals surface area (Å²) in [6, 6.07) is 0.0891. The van der Waals surface area contributed by atoms with Gasteiger partial charge in [0.25, 0.3) is 0 Å². The van der Waals surface area contributed by atoms with Gasteiger partial charge in [-0.2, -0.15) is 0 Å². The molecule has 0 aromatic heterocycles. The van der Waals surface area contributed by atoms with E-state index in [4.69, 9.17) is 9.47 Å². The second-order valence-electron chi connectivity index (χ2n) is 6.05. The highest BCUT2D eigenvalue weighted by Gasteiger charge is 2.52. The number of hydrogen-bond donors (Lipinski definition) is 0. The number of nitrogens with zero attached hydrogens (tertiary/aromatic N) is 1. The molecular weight excluding hydrogens is 234 g/mol. The van der Waals surface area contributed by atoms with Crippen LogP contribution in [0.2, 0.25) is 0 Å². The van der Waals surface area contributed by atoms with Gasteiger partial charge < -0.3 is 14.4 Å². The molecular formula is C13H21NO4. The summed E-state index contributed by atoms with van der Waals surface area (Å²) in [6.07, 6.45) is 2.22. The minimum Gasteiger partial charge on any atom is -0.469 e. The van der Waals surface area contributed by atoms with Gasteiger partial charge in [0.1, 0.15) is 5.60 Å². The Kier molecular flexibility index (Phi) is 3.25. The molecule has 5 heteroatoms. The summed E-state index contributed by atoms with van der Waals surface area (Å²) in [5.41, 5.74) is -0.500. The number of amides is 1. The summed E-state index contributed by atoms with van der Waals surface area (Å²) in [4.78, 5) is 25.5. The Bertz CT molecular complexity index is 360. The zero-order valence-electron chi connectivity index (χ0n) is 11.4. The van der Waals surface area contributed by atoms with E-state index in [1.807, 2.05) is 20.8 Å². The fourth-order valence-corrected chi connectivity index (χ4v) is 2.99. The first kappa shape index (κ1) is 13.2. The van der Waals surface area contributed by atoms with E-state index >= 15 is 0 Å². The molecule has 0 saturated carbocycles. The van der Waals surface area contributed by atoms with Crippen molar-refractivity contribution in [1.82, 2.24) is 4.90 Å². The number of fused-ring (bicyclic) bond motifs is 2. The molecule has 0 spiro atoms. The molecule has 2 aliphatic heterocycles. The first-order valence-electron chi connectivity index (χ1n) is 6.42. The molecule has 102 valence electrons. The summed E-state index contributed by atoms with van der Waals surface area (Å²) in [7, 11) is 1.39. The van der Waals surface area contributed by atoms with E-state index in [2.05, 4.69) is 0 Å². The highest BCUT2D eigenvalue weighted by Crippen LogP contribution is 2.42. The Hall–Kier alpha value is -1.26. The number of rotatable bonds is 1. The number of methoxy groups -OCH3 is 1. The Morgan fingerprint density at radius 1 is 1.22 bits per heavy atom. The van der Waals surface area contributed by atoms with Gasteiger partial charge >= 0.3 is 12.1 Å². The molecule has 2 heterocycles. The molecule has 0 N–H and O–H groups in total. The lowest BCUT2D eigenvalue weighted by Crippen LogP contribution is -2.41. The zero-order chi connectivity index (χ0) is 13.5. The van der Waals surface area contributed by atoms with E-state index < -0.39 is 5.60 Å². The maximum absolute atomic E-state index is 12.1. The lowest BCUT2D eigenvalue weighted by Gasteiger charge is -2.27. The van der Waals surface area contributed by atoms with Gasteiger partial charge in [-0.15, -0.1) is 0 Å². The third kappa shape index (κ3) is 2.31. The second kappa shape index (κ2) is 4.44. The number of carbonyl (C=O) groups is 2. The normalized spacial score (nSPS) is 30.4. The first-order chi connectivity index (χ1) is 8.33. The minimum atomic E-state index is -0.500. The van der Waals surface area contributed by atoms with Crippen LogP contribution in [-0.2, 0) is 14.3 Å². The van der Waals surface area contributed by atoms with Crippen LogP contribution < -0.4 is 0 Å². The van der Waals surface area contributed by atoms with Crippen LogP contribution in [0.25, 0.3) is 0 Å². The second-order valence-corrected chi connectivity index (χ2v) is 6.05. The highest BCUT2D eigenvalue weighted by molar-refractivity contribution is 5.77. The Labute approximate surface area is 107 Å². The molecule has 18 heavy (non-hydrogen) atoms. The van der Waals surface area contributed by atoms with Crippen LogP contribution in [0.3, 0.4) is 0 Å². The quantitative estimate of drug-likeness (QED) is 0.672. The van der Waals surface area contributed by atoms with Crippen molar-refractivity contribution in [3.8, 4) is 0 Å². The molecule has 1 amide bonds. The predicted octanol–water partition coefficient (Wildman–Crippen LogP) is 1.95. The van der Waals surface area contributed by atoms with Crippen LogP contribution in [0.1, 0.15) is 40.0 Å². The van der Waals surface area contributed by atoms with Crippen molar-refractivity contribution in [2.24, 2.45) is 5.92 Å². The monoisotopic (exact) mass is 255 g/mol. The molecule has 0 radical (unpaired) electrons. The number of esters is 1. The molecule has 1 unspecified atom stereocenters. The number of ether oxygens (including phenoxy) is 2. The lowest BCUT2D eigenvalue weighted by molar-refractivity contribution is -0.146. The van der Waals surface area contributed by atoms with Crippen molar-refractivity contribution in [3.05, 3.63) is 0 Å². The van der Waals surface area contributed by atoms with Crippen molar-refractivity contribution in [2.75, 3.05) is 7.11 Å². The van der Waals surface area contributed by atoms with Gasteiger partial charge in [0.2, 0.25) is 0 Å². The van der Waals surface area contributed by atoms with E-state index in [-0.39, 0.29) is 30.1 Å². The van der Waals surface area contributed by atoms with Gasteiger partial charge in [0.05, 0.1) is 13.0 Å². The van der Waals surface area contributed by atoms with Crippen LogP contribution >= 0.6 is 0 Å². The van der Waals surface area contributed by atoms with Crippen LogP contribution in [0, 0.1) is 5.92 Å². The van der Waals surface area contributed by atoms with E-state index in [0.717, 1.165) is 12.8 Å². The molecule has 2 fully saturated rings. The summed E-state index contributed by atoms with van der Waals surface area (Å²) in [6.45, 7) is 5.54. The highest BCUT2D eigenvalue weighted by atomic mass is 16.6. The molecule has 0 aromatic rings. The third-order valence-electron chi connectivity index (χ3n) is 3.65. The number of carbonyl (C=O) groups excluding carboxylic acids is 2. The fraction of sp³-hybridized carbons (Fsp3) is 0.846. The molecule has 5 nitrogen and oxygen atoms in total. The van der Waals surface area contributed by atoms with E-state index in [0.29, 0.717) is 6.42 Å². The summed E-state index contributed by atoms with van der Waals surface area (Å²) >= 11 is 0. The predicted molar refractivity (Wildman–Crippen MR) is 65.0 cm³/mol. The zero-order valence-corrected chi connectivity index (χ0v) is 11.4. The van der Waals surface area contributed by atoms with Crippen molar-refractivity contribution in [3.63, 3.8) is 0 Å². The Morgan fingerprint density at radius 2 is 1.89 bits per heavy atom. The standard InChI is InChI=1S/C13H21NO4/c1-13(2,3)18-12(16)14-8-5-6-10(14)9(7-8)11(15)17-4/h8-10H,5-7H2,1-4H3/t8-,9?,10+/m1/s1. The first-order valence-corrected chi connectivity index (χ1v) is 6.42. The van der Waals surface area contributed by atoms with Crippen LogP contribution in [0.5, 0.6) is 0 Å². The SMILES string of the molecule is COC(=O)C1C[C@H]2CC[C@@H]1N2C(=O)OC(C)(C)C. The molecule has 2 rings (SSSR count). The average molecular weight is 255 g/mol. The average Bonchev–Trinajstić information content (AvgIpc) is 2.82. The van der Waals surface area contributed by atoms with Crippen molar-refractivity contribution >= 4 is 12.1 Å². The lowest BCUT2D eigenvalue weighted by atomic mass is 9.89. The van der Waals surface area contributed by atoms with Gasteiger partial charge in [-0.1, -0.05) is 0 Å². The van der Waals surface area contributed by atoms with Crippen molar-refractivity contribution < 1.29 is 19.1 Å². The van der Waals surface area contributed by atoms with Gasteiger partial charge in [-0.05, 0) is 40.0 Å². The Balaban J connectivity index is 2.07. The maximum Gasteiger partial charge on any atom is 0.410 e. The van der Waals surface area contributed by atoms with Gasteiger partial charge in [0.15, 0.2) is 0 Å². The largest absolute Gasteiger partial charge is 0.469 e. The number of hydrogen-bond acceptors (Lipinski definition) is 4. The molecule has 2 aliphatic rings. The van der Waals surface area contributed by atoms with Gasteiger partial charge in [-0.25, -0.2) is 4.79 Å². The Morgan fingerprint density at radius 3 is 2.44 bits per heavy atom. The summed E-state index contributed by atoms with van der Waals surface area (Å²) in [5.74, 6) is -0.392. The topological polar surface area (TPSA) is 55.8 Å². The minimum absolute atomic E-state index is 0.0442. The molecule has 0 aliphatic carbocycles. The summed E-state index contributed by atoms with van der Waals surface area (Å²) in [5, 5.41) is 0. The van der Waals surface area contributed by atoms with Crippen LogP contribution in [0.4, 0.5) is 4.79 Å². The molecule has 3 atom stereocenters. The summed E-state index contributed by atoms with van der Waals surface area (Å²) < 4.78 is 10.2. The van der Waals surface area contributed by atoms with Crippen molar-refractivity contribution in [1.29, 1.82) is 0 Å². The smallest absolute Gasteiger partial charge is 0.410 e. The molecule has 2 bridgehead atoms. The van der Waals surface area contributed by atoms with E-state index in [1.54, 1.807) is 4.90 Å². The van der Waals surface area contributed by atoms with E-state index in [1.165, 1.54) is 7.11 Å². The van der Waals surface area contributed by atoms with E-state index in [9.17, 15) is 9.59 Å². The van der Waals surface area contributed by atoms with Crippen molar-refractivity contribution in [2.45, 2.75) is 57.7 Å². The fourth-order valence-electron chi connectivity index (χ4n) is 2.99. The maximum atomic E-state index is 12.1. The molecule has 0 aromatic carbocycles. The van der Waals surface area contributed by atoms with Crippen LogP contribution in [0.15, 0.2) is 0 Å². The third-order valence-corrected chi connectivity index (χ3v) is 3.65.